The summed E-state index contributed by atoms with van der Waals surface area (Å²) in [6.45, 7) is 5.31. The summed E-state index contributed by atoms with van der Waals surface area (Å²) in [7, 11) is 0. The third kappa shape index (κ3) is 2.47. The summed E-state index contributed by atoms with van der Waals surface area (Å²) in [5, 5.41) is 0. The van der Waals surface area contributed by atoms with Crippen molar-refractivity contribution >= 4 is 39.1 Å². The summed E-state index contributed by atoms with van der Waals surface area (Å²) >= 11 is 3.27. The molecule has 0 unspecified atom stereocenters. The number of carbonyl (C=O) groups is 3. The van der Waals surface area contributed by atoms with Gasteiger partial charge >= 0.3 is 0 Å². The van der Waals surface area contributed by atoms with Crippen LogP contribution in [0, 0.1) is 5.41 Å². The standard InChI is InChI=1S/C14H14BrNO3/c1-14(2,3)11(17)7-16-10-5-4-8(15)6-9(10)12(18)13(16)19/h4-6H,7H2,1-3H3. The molecule has 4 nitrogen and oxygen atoms in total. The van der Waals surface area contributed by atoms with Gasteiger partial charge in [0.05, 0.1) is 17.8 Å². The first kappa shape index (κ1) is 13.9. The molecule has 1 aromatic carbocycles. The maximum atomic E-state index is 12.0. The first-order valence-electron chi connectivity index (χ1n) is 5.91. The normalized spacial score (nSPS) is 14.8. The van der Waals surface area contributed by atoms with Gasteiger partial charge in [-0.15, -0.1) is 0 Å². The van der Waals surface area contributed by atoms with Crippen molar-refractivity contribution < 1.29 is 14.4 Å². The minimum atomic E-state index is -0.634. The van der Waals surface area contributed by atoms with Gasteiger partial charge in [0.1, 0.15) is 0 Å². The molecule has 0 saturated carbocycles. The van der Waals surface area contributed by atoms with Crippen LogP contribution in [0.15, 0.2) is 22.7 Å². The second kappa shape index (κ2) is 4.56. The van der Waals surface area contributed by atoms with Gasteiger partial charge in [0, 0.05) is 9.89 Å². The maximum Gasteiger partial charge on any atom is 0.299 e. The number of benzene rings is 1. The topological polar surface area (TPSA) is 54.5 Å². The van der Waals surface area contributed by atoms with Crippen LogP contribution in [0.2, 0.25) is 0 Å². The third-order valence-corrected chi connectivity index (χ3v) is 3.56. The fourth-order valence-electron chi connectivity index (χ4n) is 1.81. The average molecular weight is 324 g/mol. The first-order valence-corrected chi connectivity index (χ1v) is 6.70. The molecule has 1 aliphatic heterocycles. The zero-order valence-electron chi connectivity index (χ0n) is 11.0. The van der Waals surface area contributed by atoms with Crippen molar-refractivity contribution in [1.29, 1.82) is 0 Å². The van der Waals surface area contributed by atoms with Crippen LogP contribution in [0.4, 0.5) is 5.69 Å². The minimum absolute atomic E-state index is 0.0668. The number of amides is 1. The molecule has 0 atom stereocenters. The van der Waals surface area contributed by atoms with E-state index in [9.17, 15) is 14.4 Å². The van der Waals surface area contributed by atoms with Gasteiger partial charge < -0.3 is 0 Å². The lowest BCUT2D eigenvalue weighted by molar-refractivity contribution is -0.126. The molecule has 100 valence electrons. The summed E-state index contributed by atoms with van der Waals surface area (Å²) < 4.78 is 0.733. The molecular weight excluding hydrogens is 310 g/mol. The van der Waals surface area contributed by atoms with Gasteiger partial charge in [-0.25, -0.2) is 0 Å². The van der Waals surface area contributed by atoms with Crippen LogP contribution in [0.5, 0.6) is 0 Å². The van der Waals surface area contributed by atoms with Crippen molar-refractivity contribution in [1.82, 2.24) is 0 Å². The van der Waals surface area contributed by atoms with E-state index in [1.807, 2.05) is 0 Å². The maximum absolute atomic E-state index is 12.0. The van der Waals surface area contributed by atoms with Gasteiger partial charge in [0.25, 0.3) is 11.7 Å². The number of hydrogen-bond donors (Lipinski definition) is 0. The van der Waals surface area contributed by atoms with Crippen LogP contribution >= 0.6 is 15.9 Å². The molecule has 0 aliphatic carbocycles. The number of anilines is 1. The van der Waals surface area contributed by atoms with Crippen molar-refractivity contribution in [2.45, 2.75) is 20.8 Å². The van der Waals surface area contributed by atoms with Gasteiger partial charge in [-0.1, -0.05) is 36.7 Å². The summed E-state index contributed by atoms with van der Waals surface area (Å²) in [6, 6.07) is 5.04. The fourth-order valence-corrected chi connectivity index (χ4v) is 2.17. The smallest absolute Gasteiger partial charge is 0.297 e. The van der Waals surface area contributed by atoms with Crippen molar-refractivity contribution in [2.24, 2.45) is 5.41 Å². The summed E-state index contributed by atoms with van der Waals surface area (Å²) in [4.78, 5) is 37.1. The molecule has 0 N–H and O–H groups in total. The van der Waals surface area contributed by atoms with E-state index in [-0.39, 0.29) is 12.3 Å². The number of fused-ring (bicyclic) bond motifs is 1. The lowest BCUT2D eigenvalue weighted by atomic mass is 9.90. The second-order valence-corrected chi connectivity index (χ2v) is 6.47. The van der Waals surface area contributed by atoms with E-state index in [1.165, 1.54) is 4.90 Å². The van der Waals surface area contributed by atoms with E-state index in [0.29, 0.717) is 11.3 Å². The van der Waals surface area contributed by atoms with Crippen molar-refractivity contribution in [3.63, 3.8) is 0 Å². The van der Waals surface area contributed by atoms with Crippen molar-refractivity contribution in [2.75, 3.05) is 11.4 Å². The molecule has 0 spiro atoms. The average Bonchev–Trinajstić information content (AvgIpc) is 2.53. The van der Waals surface area contributed by atoms with Gasteiger partial charge in [0.15, 0.2) is 5.78 Å². The van der Waals surface area contributed by atoms with Crippen LogP contribution in [0.1, 0.15) is 31.1 Å². The van der Waals surface area contributed by atoms with E-state index in [2.05, 4.69) is 15.9 Å². The molecule has 1 heterocycles. The highest BCUT2D eigenvalue weighted by Gasteiger charge is 2.38. The van der Waals surface area contributed by atoms with E-state index in [1.54, 1.807) is 39.0 Å². The molecule has 1 amide bonds. The zero-order valence-corrected chi connectivity index (χ0v) is 12.6. The Bertz CT molecular complexity index is 587. The van der Waals surface area contributed by atoms with Gasteiger partial charge in [0.2, 0.25) is 0 Å². The number of carbonyl (C=O) groups excluding carboxylic acids is 3. The largest absolute Gasteiger partial charge is 0.299 e. The number of nitrogens with zero attached hydrogens (tertiary/aromatic N) is 1. The van der Waals surface area contributed by atoms with Gasteiger partial charge in [-0.2, -0.15) is 0 Å². The van der Waals surface area contributed by atoms with Crippen LogP contribution in [0.25, 0.3) is 0 Å². The summed E-state index contributed by atoms with van der Waals surface area (Å²) in [5.74, 6) is -1.27. The molecule has 1 aliphatic rings. The van der Waals surface area contributed by atoms with Crippen molar-refractivity contribution in [3.05, 3.63) is 28.2 Å². The quantitative estimate of drug-likeness (QED) is 0.786. The van der Waals surface area contributed by atoms with Crippen molar-refractivity contribution in [3.8, 4) is 0 Å². The Hall–Kier alpha value is -1.49. The van der Waals surface area contributed by atoms with Gasteiger partial charge in [-0.05, 0) is 18.2 Å². The molecule has 5 heteroatoms. The number of Topliss-reactive ketones (excluding diaryl/α,β-unsaturated/α-hetero) is 2. The molecular formula is C14H14BrNO3. The summed E-state index contributed by atoms with van der Waals surface area (Å²) in [5.41, 5.74) is 0.318. The molecule has 19 heavy (non-hydrogen) atoms. The van der Waals surface area contributed by atoms with Crippen LogP contribution < -0.4 is 4.90 Å². The van der Waals surface area contributed by atoms with Crippen LogP contribution in [0.3, 0.4) is 0 Å². The predicted molar refractivity (Wildman–Crippen MR) is 75.3 cm³/mol. The molecule has 0 radical (unpaired) electrons. The second-order valence-electron chi connectivity index (χ2n) is 5.56. The first-order chi connectivity index (χ1) is 8.71. The van der Waals surface area contributed by atoms with Crippen LogP contribution in [-0.2, 0) is 9.59 Å². The van der Waals surface area contributed by atoms with E-state index < -0.39 is 17.1 Å². The van der Waals surface area contributed by atoms with Gasteiger partial charge in [-0.3, -0.25) is 19.3 Å². The predicted octanol–water partition coefficient (Wildman–Crippen LogP) is 2.59. The molecule has 0 aromatic heterocycles. The Morgan fingerprint density at radius 3 is 2.47 bits per heavy atom. The lowest BCUT2D eigenvalue weighted by Gasteiger charge is -2.22. The third-order valence-electron chi connectivity index (χ3n) is 3.07. The molecule has 0 saturated heterocycles. The zero-order chi connectivity index (χ0) is 14.4. The Balaban J connectivity index is 2.37. The minimum Gasteiger partial charge on any atom is -0.297 e. The number of rotatable bonds is 2. The SMILES string of the molecule is CC(C)(C)C(=O)CN1C(=O)C(=O)c2cc(Br)ccc21. The highest BCUT2D eigenvalue weighted by Crippen LogP contribution is 2.32. The molecule has 0 bridgehead atoms. The summed E-state index contributed by atoms with van der Waals surface area (Å²) in [6.07, 6.45) is 0. The monoisotopic (exact) mass is 323 g/mol. The fraction of sp³-hybridized carbons (Fsp3) is 0.357. The lowest BCUT2D eigenvalue weighted by Crippen LogP contribution is -2.39. The Labute approximate surface area is 119 Å². The van der Waals surface area contributed by atoms with E-state index in [4.69, 9.17) is 0 Å². The Kier molecular flexibility index (Phi) is 3.34. The number of ketones is 2. The highest BCUT2D eigenvalue weighted by atomic mass is 79.9. The number of halogens is 1. The number of hydrogen-bond acceptors (Lipinski definition) is 3. The molecule has 2 rings (SSSR count). The molecule has 0 fully saturated rings. The Morgan fingerprint density at radius 1 is 1.26 bits per heavy atom. The van der Waals surface area contributed by atoms with E-state index in [0.717, 1.165) is 4.47 Å². The molecule has 1 aromatic rings. The highest BCUT2D eigenvalue weighted by molar-refractivity contribution is 9.10. The van der Waals surface area contributed by atoms with E-state index >= 15 is 0 Å². The Morgan fingerprint density at radius 2 is 1.89 bits per heavy atom. The van der Waals surface area contributed by atoms with Crippen LogP contribution in [-0.4, -0.2) is 24.0 Å².